The predicted octanol–water partition coefficient (Wildman–Crippen LogP) is 3.88. The van der Waals surface area contributed by atoms with Crippen LogP contribution in [-0.4, -0.2) is 24.5 Å². The number of rotatable bonds is 5. The van der Waals surface area contributed by atoms with Crippen molar-refractivity contribution in [2.75, 3.05) is 25.4 Å². The number of benzene rings is 1. The zero-order chi connectivity index (χ0) is 13.7. The fraction of sp³-hybridized carbons (Fsp3) is 0.647. The zero-order valence-electron chi connectivity index (χ0n) is 12.4. The lowest BCUT2D eigenvalue weighted by molar-refractivity contribution is 0.177. The van der Waals surface area contributed by atoms with Crippen LogP contribution in [0.15, 0.2) is 24.3 Å². The maximum atomic E-state index is 5.74. The Morgan fingerprint density at radius 1 is 1.21 bits per heavy atom. The van der Waals surface area contributed by atoms with Gasteiger partial charge < -0.3 is 10.6 Å². The Labute approximate surface area is 118 Å². The molecular formula is C17H28N2. The van der Waals surface area contributed by atoms with Crippen LogP contribution in [0.1, 0.15) is 51.0 Å². The van der Waals surface area contributed by atoms with Crippen molar-refractivity contribution in [1.82, 2.24) is 4.90 Å². The molecule has 0 amide bonds. The van der Waals surface area contributed by atoms with Gasteiger partial charge in [0.25, 0.3) is 0 Å². The Bertz CT molecular complexity index is 363. The summed E-state index contributed by atoms with van der Waals surface area (Å²) in [5.74, 6) is 1.61. The fourth-order valence-electron chi connectivity index (χ4n) is 2.99. The largest absolute Gasteiger partial charge is 0.399 e. The molecule has 2 heteroatoms. The van der Waals surface area contributed by atoms with E-state index in [-0.39, 0.29) is 0 Å². The Kier molecular flexibility index (Phi) is 5.26. The topological polar surface area (TPSA) is 29.3 Å². The third-order valence-corrected chi connectivity index (χ3v) is 4.67. The molecule has 1 aromatic carbocycles. The average Bonchev–Trinajstić information content (AvgIpc) is 2.46. The van der Waals surface area contributed by atoms with Crippen molar-refractivity contribution in [2.45, 2.75) is 45.4 Å². The summed E-state index contributed by atoms with van der Waals surface area (Å²) in [4.78, 5) is 2.64. The Morgan fingerprint density at radius 2 is 1.84 bits per heavy atom. The molecule has 0 aromatic heterocycles. The van der Waals surface area contributed by atoms with Crippen molar-refractivity contribution < 1.29 is 0 Å². The SMILES string of the molecule is CCC1CCN(CCC(C)c2ccc(N)cc2)CC1. The maximum absolute atomic E-state index is 5.74. The van der Waals surface area contributed by atoms with Gasteiger partial charge in [0.2, 0.25) is 0 Å². The van der Waals surface area contributed by atoms with Gasteiger partial charge in [0, 0.05) is 5.69 Å². The van der Waals surface area contributed by atoms with E-state index >= 15 is 0 Å². The first-order chi connectivity index (χ1) is 9.19. The molecule has 0 bridgehead atoms. The minimum Gasteiger partial charge on any atom is -0.399 e. The van der Waals surface area contributed by atoms with Gasteiger partial charge in [-0.25, -0.2) is 0 Å². The number of piperidine rings is 1. The lowest BCUT2D eigenvalue weighted by Crippen LogP contribution is -2.34. The van der Waals surface area contributed by atoms with Crippen LogP contribution in [-0.2, 0) is 0 Å². The van der Waals surface area contributed by atoms with Gasteiger partial charge in [0.15, 0.2) is 0 Å². The highest BCUT2D eigenvalue weighted by Gasteiger charge is 2.18. The third-order valence-electron chi connectivity index (χ3n) is 4.67. The quantitative estimate of drug-likeness (QED) is 0.814. The van der Waals surface area contributed by atoms with Crippen LogP contribution in [0.3, 0.4) is 0 Å². The highest BCUT2D eigenvalue weighted by molar-refractivity contribution is 5.40. The van der Waals surface area contributed by atoms with Crippen molar-refractivity contribution in [1.29, 1.82) is 0 Å². The summed E-state index contributed by atoms with van der Waals surface area (Å²) < 4.78 is 0. The van der Waals surface area contributed by atoms with E-state index in [1.165, 1.54) is 50.9 Å². The van der Waals surface area contributed by atoms with Crippen LogP contribution >= 0.6 is 0 Å². The molecule has 1 aliphatic rings. The van der Waals surface area contributed by atoms with Crippen LogP contribution in [0.25, 0.3) is 0 Å². The number of hydrogen-bond acceptors (Lipinski definition) is 2. The standard InChI is InChI=1S/C17H28N2/c1-3-15-9-12-19(13-10-15)11-8-14(2)16-4-6-17(18)7-5-16/h4-7,14-15H,3,8-13,18H2,1-2H3. The second-order valence-corrected chi connectivity index (χ2v) is 6.05. The molecule has 1 heterocycles. The van der Waals surface area contributed by atoms with Crippen molar-refractivity contribution in [3.63, 3.8) is 0 Å². The van der Waals surface area contributed by atoms with Gasteiger partial charge in [-0.05, 0) is 68.4 Å². The first-order valence-electron chi connectivity index (χ1n) is 7.76. The van der Waals surface area contributed by atoms with Gasteiger partial charge in [-0.15, -0.1) is 0 Å². The summed E-state index contributed by atoms with van der Waals surface area (Å²) in [6.07, 6.45) is 5.40. The van der Waals surface area contributed by atoms with Crippen LogP contribution in [0, 0.1) is 5.92 Å². The van der Waals surface area contributed by atoms with Gasteiger partial charge >= 0.3 is 0 Å². The average molecular weight is 260 g/mol. The van der Waals surface area contributed by atoms with Crippen molar-refractivity contribution in [3.8, 4) is 0 Å². The molecule has 0 saturated carbocycles. The van der Waals surface area contributed by atoms with Gasteiger partial charge in [-0.1, -0.05) is 32.4 Å². The van der Waals surface area contributed by atoms with E-state index in [0.717, 1.165) is 11.6 Å². The minimum absolute atomic E-state index is 0.629. The molecule has 1 unspecified atom stereocenters. The molecule has 0 spiro atoms. The lowest BCUT2D eigenvalue weighted by atomic mass is 9.93. The van der Waals surface area contributed by atoms with Gasteiger partial charge in [-0.2, -0.15) is 0 Å². The number of nitrogen functional groups attached to an aromatic ring is 1. The van der Waals surface area contributed by atoms with Gasteiger partial charge in [-0.3, -0.25) is 0 Å². The number of hydrogen-bond donors (Lipinski definition) is 1. The highest BCUT2D eigenvalue weighted by atomic mass is 15.1. The van der Waals surface area contributed by atoms with E-state index in [0.29, 0.717) is 5.92 Å². The monoisotopic (exact) mass is 260 g/mol. The number of anilines is 1. The fourth-order valence-corrected chi connectivity index (χ4v) is 2.99. The Balaban J connectivity index is 1.75. The van der Waals surface area contributed by atoms with Crippen molar-refractivity contribution in [2.24, 2.45) is 5.92 Å². The van der Waals surface area contributed by atoms with Crippen LogP contribution < -0.4 is 5.73 Å². The molecule has 1 aliphatic heterocycles. The molecule has 1 aromatic rings. The molecule has 19 heavy (non-hydrogen) atoms. The van der Waals surface area contributed by atoms with Crippen LogP contribution in [0.2, 0.25) is 0 Å². The molecular weight excluding hydrogens is 232 g/mol. The predicted molar refractivity (Wildman–Crippen MR) is 83.3 cm³/mol. The summed E-state index contributed by atoms with van der Waals surface area (Å²) in [7, 11) is 0. The molecule has 1 atom stereocenters. The van der Waals surface area contributed by atoms with E-state index in [2.05, 4.69) is 30.9 Å². The second-order valence-electron chi connectivity index (χ2n) is 6.05. The molecule has 0 aliphatic carbocycles. The zero-order valence-corrected chi connectivity index (χ0v) is 12.4. The normalized spacial score (nSPS) is 19.5. The first kappa shape index (κ1) is 14.4. The molecule has 1 fully saturated rings. The molecule has 106 valence electrons. The van der Waals surface area contributed by atoms with Gasteiger partial charge in [0.1, 0.15) is 0 Å². The second kappa shape index (κ2) is 6.95. The number of nitrogens with zero attached hydrogens (tertiary/aromatic N) is 1. The lowest BCUT2D eigenvalue weighted by Gasteiger charge is -2.32. The summed E-state index contributed by atoms with van der Waals surface area (Å²) in [5.41, 5.74) is 8.01. The summed E-state index contributed by atoms with van der Waals surface area (Å²) >= 11 is 0. The van der Waals surface area contributed by atoms with Crippen molar-refractivity contribution in [3.05, 3.63) is 29.8 Å². The van der Waals surface area contributed by atoms with E-state index < -0.39 is 0 Å². The van der Waals surface area contributed by atoms with Gasteiger partial charge in [0.05, 0.1) is 0 Å². The summed E-state index contributed by atoms with van der Waals surface area (Å²) in [5, 5.41) is 0. The maximum Gasteiger partial charge on any atom is 0.0314 e. The number of likely N-dealkylation sites (tertiary alicyclic amines) is 1. The minimum atomic E-state index is 0.629. The first-order valence-corrected chi connectivity index (χ1v) is 7.76. The van der Waals surface area contributed by atoms with E-state index in [1.807, 2.05) is 12.1 Å². The molecule has 2 N–H and O–H groups in total. The molecule has 1 saturated heterocycles. The van der Waals surface area contributed by atoms with E-state index in [4.69, 9.17) is 5.73 Å². The molecule has 0 radical (unpaired) electrons. The molecule has 2 nitrogen and oxygen atoms in total. The highest BCUT2D eigenvalue weighted by Crippen LogP contribution is 2.23. The number of nitrogens with two attached hydrogens (primary N) is 1. The van der Waals surface area contributed by atoms with Crippen molar-refractivity contribution >= 4 is 5.69 Å². The van der Waals surface area contributed by atoms with E-state index in [1.54, 1.807) is 0 Å². The smallest absolute Gasteiger partial charge is 0.0314 e. The molecule has 2 rings (SSSR count). The van der Waals surface area contributed by atoms with E-state index in [9.17, 15) is 0 Å². The van der Waals surface area contributed by atoms with Crippen LogP contribution in [0.4, 0.5) is 5.69 Å². The Hall–Kier alpha value is -1.02. The summed E-state index contributed by atoms with van der Waals surface area (Å²) in [6.45, 7) is 8.48. The Morgan fingerprint density at radius 3 is 2.42 bits per heavy atom. The third kappa shape index (κ3) is 4.24. The van der Waals surface area contributed by atoms with Crippen LogP contribution in [0.5, 0.6) is 0 Å². The summed E-state index contributed by atoms with van der Waals surface area (Å²) in [6, 6.07) is 8.36.